The summed E-state index contributed by atoms with van der Waals surface area (Å²) in [6, 6.07) is 10.6. The summed E-state index contributed by atoms with van der Waals surface area (Å²) in [6.45, 7) is 7.72. The quantitative estimate of drug-likeness (QED) is 0.834. The SMILES string of the molecule is CC(CN(C)Cc1ccccc1)NC(=O)[C@@H]1CNC[C@H]1C. The molecule has 1 aliphatic heterocycles. The average molecular weight is 289 g/mol. The summed E-state index contributed by atoms with van der Waals surface area (Å²) in [4.78, 5) is 14.5. The van der Waals surface area contributed by atoms with Crippen LogP contribution in [0.25, 0.3) is 0 Å². The molecular weight excluding hydrogens is 262 g/mol. The molecular formula is C17H27N3O. The van der Waals surface area contributed by atoms with Crippen LogP contribution in [0.3, 0.4) is 0 Å². The van der Waals surface area contributed by atoms with Crippen LogP contribution < -0.4 is 10.6 Å². The summed E-state index contributed by atoms with van der Waals surface area (Å²) in [6.07, 6.45) is 0. The predicted octanol–water partition coefficient (Wildman–Crippen LogP) is 1.48. The van der Waals surface area contributed by atoms with Crippen LogP contribution in [0.1, 0.15) is 19.4 Å². The van der Waals surface area contributed by atoms with E-state index < -0.39 is 0 Å². The third kappa shape index (κ3) is 4.83. The molecule has 0 bridgehead atoms. The first-order valence-electron chi connectivity index (χ1n) is 7.80. The maximum absolute atomic E-state index is 12.2. The van der Waals surface area contributed by atoms with Gasteiger partial charge in [-0.05, 0) is 32.0 Å². The predicted molar refractivity (Wildman–Crippen MR) is 85.9 cm³/mol. The van der Waals surface area contributed by atoms with Crippen LogP contribution in [0.2, 0.25) is 0 Å². The second-order valence-electron chi connectivity index (χ2n) is 6.33. The zero-order chi connectivity index (χ0) is 15.2. The van der Waals surface area contributed by atoms with Gasteiger partial charge in [-0.2, -0.15) is 0 Å². The summed E-state index contributed by atoms with van der Waals surface area (Å²) in [7, 11) is 2.09. The highest BCUT2D eigenvalue weighted by atomic mass is 16.2. The minimum Gasteiger partial charge on any atom is -0.352 e. The van der Waals surface area contributed by atoms with Crippen LogP contribution in [0, 0.1) is 11.8 Å². The summed E-state index contributed by atoms with van der Waals surface area (Å²) >= 11 is 0. The third-order valence-electron chi connectivity index (χ3n) is 4.12. The number of carbonyl (C=O) groups excluding carboxylic acids is 1. The van der Waals surface area contributed by atoms with Gasteiger partial charge in [0, 0.05) is 25.7 Å². The molecule has 0 saturated carbocycles. The smallest absolute Gasteiger partial charge is 0.224 e. The van der Waals surface area contributed by atoms with E-state index in [2.05, 4.69) is 60.7 Å². The molecule has 3 atom stereocenters. The van der Waals surface area contributed by atoms with Gasteiger partial charge in [-0.1, -0.05) is 37.3 Å². The highest BCUT2D eigenvalue weighted by Crippen LogP contribution is 2.16. The summed E-state index contributed by atoms with van der Waals surface area (Å²) in [5, 5.41) is 6.43. The molecule has 1 aromatic rings. The van der Waals surface area contributed by atoms with Gasteiger partial charge in [-0.3, -0.25) is 4.79 Å². The highest BCUT2D eigenvalue weighted by molar-refractivity contribution is 5.79. The zero-order valence-electron chi connectivity index (χ0n) is 13.3. The number of hydrogen-bond donors (Lipinski definition) is 2. The molecule has 0 spiro atoms. The van der Waals surface area contributed by atoms with E-state index in [4.69, 9.17) is 0 Å². The maximum Gasteiger partial charge on any atom is 0.224 e. The number of nitrogens with zero attached hydrogens (tertiary/aromatic N) is 1. The Hall–Kier alpha value is -1.39. The molecule has 1 fully saturated rings. The Morgan fingerprint density at radius 2 is 2.10 bits per heavy atom. The van der Waals surface area contributed by atoms with E-state index in [-0.39, 0.29) is 17.9 Å². The molecule has 21 heavy (non-hydrogen) atoms. The van der Waals surface area contributed by atoms with Gasteiger partial charge in [0.1, 0.15) is 0 Å². The fraction of sp³-hybridized carbons (Fsp3) is 0.588. The second-order valence-corrected chi connectivity index (χ2v) is 6.33. The standard InChI is InChI=1S/C17H27N3O/c1-13-9-18-10-16(13)17(21)19-14(2)11-20(3)12-15-7-5-4-6-8-15/h4-8,13-14,16,18H,9-12H2,1-3H3,(H,19,21)/t13-,14?,16-/m1/s1. The van der Waals surface area contributed by atoms with Gasteiger partial charge in [0.15, 0.2) is 0 Å². The molecule has 0 aromatic heterocycles. The number of amides is 1. The van der Waals surface area contributed by atoms with E-state index in [1.54, 1.807) is 0 Å². The lowest BCUT2D eigenvalue weighted by Gasteiger charge is -2.24. The number of carbonyl (C=O) groups is 1. The first kappa shape index (κ1) is 16.0. The number of hydrogen-bond acceptors (Lipinski definition) is 3. The van der Waals surface area contributed by atoms with E-state index >= 15 is 0 Å². The normalized spacial score (nSPS) is 23.2. The van der Waals surface area contributed by atoms with Crippen molar-refractivity contribution in [1.29, 1.82) is 0 Å². The molecule has 1 unspecified atom stereocenters. The number of benzene rings is 1. The topological polar surface area (TPSA) is 44.4 Å². The van der Waals surface area contributed by atoms with Crippen molar-refractivity contribution in [1.82, 2.24) is 15.5 Å². The van der Waals surface area contributed by atoms with Crippen molar-refractivity contribution in [3.63, 3.8) is 0 Å². The monoisotopic (exact) mass is 289 g/mol. The molecule has 1 aliphatic rings. The van der Waals surface area contributed by atoms with E-state index in [0.29, 0.717) is 5.92 Å². The van der Waals surface area contributed by atoms with E-state index in [0.717, 1.165) is 26.2 Å². The van der Waals surface area contributed by atoms with Crippen molar-refractivity contribution < 1.29 is 4.79 Å². The minimum atomic E-state index is 0.117. The van der Waals surface area contributed by atoms with Crippen molar-refractivity contribution >= 4 is 5.91 Å². The first-order valence-corrected chi connectivity index (χ1v) is 7.80. The van der Waals surface area contributed by atoms with Crippen LogP contribution in [0.15, 0.2) is 30.3 Å². The summed E-state index contributed by atoms with van der Waals surface area (Å²) in [5.74, 6) is 0.735. The van der Waals surface area contributed by atoms with Gasteiger partial charge in [0.2, 0.25) is 5.91 Å². The van der Waals surface area contributed by atoms with Gasteiger partial charge in [-0.15, -0.1) is 0 Å². The molecule has 1 aromatic carbocycles. The van der Waals surface area contributed by atoms with Crippen molar-refractivity contribution in [2.45, 2.75) is 26.4 Å². The number of rotatable bonds is 6. The average Bonchev–Trinajstić information content (AvgIpc) is 2.85. The molecule has 2 N–H and O–H groups in total. The highest BCUT2D eigenvalue weighted by Gasteiger charge is 2.30. The Labute approximate surface area is 127 Å². The molecule has 1 saturated heterocycles. The molecule has 2 rings (SSSR count). The van der Waals surface area contributed by atoms with Crippen LogP contribution >= 0.6 is 0 Å². The molecule has 0 radical (unpaired) electrons. The fourth-order valence-electron chi connectivity index (χ4n) is 2.98. The molecule has 1 heterocycles. The lowest BCUT2D eigenvalue weighted by atomic mass is 9.97. The van der Waals surface area contributed by atoms with Crippen molar-refractivity contribution in [3.8, 4) is 0 Å². The van der Waals surface area contributed by atoms with Gasteiger partial charge < -0.3 is 15.5 Å². The Bertz CT molecular complexity index is 449. The van der Waals surface area contributed by atoms with Gasteiger partial charge >= 0.3 is 0 Å². The molecule has 116 valence electrons. The van der Waals surface area contributed by atoms with Crippen molar-refractivity contribution in [2.24, 2.45) is 11.8 Å². The van der Waals surface area contributed by atoms with Crippen LogP contribution in [-0.2, 0) is 11.3 Å². The zero-order valence-corrected chi connectivity index (χ0v) is 13.3. The van der Waals surface area contributed by atoms with Gasteiger partial charge in [0.05, 0.1) is 5.92 Å². The Morgan fingerprint density at radius 1 is 1.38 bits per heavy atom. The van der Waals surface area contributed by atoms with Gasteiger partial charge in [-0.25, -0.2) is 0 Å². The second kappa shape index (κ2) is 7.57. The van der Waals surface area contributed by atoms with E-state index in [9.17, 15) is 4.79 Å². The fourth-order valence-corrected chi connectivity index (χ4v) is 2.98. The van der Waals surface area contributed by atoms with Crippen LogP contribution in [0.4, 0.5) is 0 Å². The number of likely N-dealkylation sites (N-methyl/N-ethyl adjacent to an activating group) is 1. The molecule has 4 heteroatoms. The minimum absolute atomic E-state index is 0.117. The summed E-state index contributed by atoms with van der Waals surface area (Å²) in [5.41, 5.74) is 1.30. The largest absolute Gasteiger partial charge is 0.352 e. The Balaban J connectivity index is 1.76. The van der Waals surface area contributed by atoms with E-state index in [1.807, 2.05) is 6.07 Å². The lowest BCUT2D eigenvalue weighted by Crippen LogP contribution is -2.44. The van der Waals surface area contributed by atoms with Crippen molar-refractivity contribution in [3.05, 3.63) is 35.9 Å². The van der Waals surface area contributed by atoms with E-state index in [1.165, 1.54) is 5.56 Å². The number of nitrogens with one attached hydrogen (secondary N) is 2. The molecule has 4 nitrogen and oxygen atoms in total. The van der Waals surface area contributed by atoms with Crippen molar-refractivity contribution in [2.75, 3.05) is 26.7 Å². The Morgan fingerprint density at radius 3 is 2.71 bits per heavy atom. The first-order chi connectivity index (χ1) is 10.1. The lowest BCUT2D eigenvalue weighted by molar-refractivity contribution is -0.126. The summed E-state index contributed by atoms with van der Waals surface area (Å²) < 4.78 is 0. The van der Waals surface area contributed by atoms with Crippen LogP contribution in [-0.4, -0.2) is 43.5 Å². The third-order valence-corrected chi connectivity index (χ3v) is 4.12. The molecule has 0 aliphatic carbocycles. The van der Waals surface area contributed by atoms with Crippen LogP contribution in [0.5, 0.6) is 0 Å². The Kier molecular flexibility index (Phi) is 5.76. The van der Waals surface area contributed by atoms with Gasteiger partial charge in [0.25, 0.3) is 0 Å². The maximum atomic E-state index is 12.2. The molecule has 1 amide bonds.